The van der Waals surface area contributed by atoms with Crippen LogP contribution in [0.15, 0.2) is 164 Å². The number of benzene rings is 7. The van der Waals surface area contributed by atoms with Crippen LogP contribution in [0.25, 0.3) is 44.2 Å². The number of hydrogen-bond donors (Lipinski definition) is 0. The predicted octanol–water partition coefficient (Wildman–Crippen LogP) is 13.4. The highest BCUT2D eigenvalue weighted by atomic mass is 15.1. The van der Waals surface area contributed by atoms with Crippen LogP contribution in [-0.2, 0) is 5.41 Å². The number of nitrogens with zero attached hydrogens (tertiary/aromatic N) is 1. The van der Waals surface area contributed by atoms with Crippen LogP contribution >= 0.6 is 0 Å². The Hall–Kier alpha value is -5.40. The average Bonchev–Trinajstić information content (AvgIpc) is 3.47. The minimum atomic E-state index is 0.130. The molecule has 0 aliphatic heterocycles. The zero-order valence-corrected chi connectivity index (χ0v) is 28.9. The third-order valence-corrected chi connectivity index (χ3v) is 13.2. The molecule has 7 aromatic rings. The summed E-state index contributed by atoms with van der Waals surface area (Å²) in [6.45, 7) is 0. The normalized spacial score (nSPS) is 23.8. The highest BCUT2D eigenvalue weighted by Crippen LogP contribution is 2.69. The lowest BCUT2D eigenvalue weighted by Crippen LogP contribution is -2.55. The van der Waals surface area contributed by atoms with Gasteiger partial charge in [-0.25, -0.2) is 0 Å². The second-order valence-electron chi connectivity index (χ2n) is 15.8. The van der Waals surface area contributed by atoms with E-state index in [-0.39, 0.29) is 5.41 Å². The number of hydrogen-bond acceptors (Lipinski definition) is 1. The van der Waals surface area contributed by atoms with Crippen molar-refractivity contribution in [1.82, 2.24) is 0 Å². The van der Waals surface area contributed by atoms with E-state index in [4.69, 9.17) is 0 Å². The van der Waals surface area contributed by atoms with Gasteiger partial charge in [0.15, 0.2) is 0 Å². The molecule has 4 bridgehead atoms. The number of fused-ring (bicyclic) bond motifs is 4. The van der Waals surface area contributed by atoms with Crippen molar-refractivity contribution in [3.8, 4) is 33.4 Å². The van der Waals surface area contributed by atoms with Crippen LogP contribution in [0.5, 0.6) is 0 Å². The maximum Gasteiger partial charge on any atom is 0.0467 e. The largest absolute Gasteiger partial charge is 0.310 e. The van der Waals surface area contributed by atoms with Crippen molar-refractivity contribution in [3.05, 3.63) is 175 Å². The van der Waals surface area contributed by atoms with Gasteiger partial charge in [-0.1, -0.05) is 121 Å². The molecule has 51 heavy (non-hydrogen) atoms. The fourth-order valence-corrected chi connectivity index (χ4v) is 11.4. The van der Waals surface area contributed by atoms with Gasteiger partial charge in [-0.05, 0) is 154 Å². The molecule has 0 unspecified atom stereocenters. The molecule has 0 N–H and O–H groups in total. The summed E-state index contributed by atoms with van der Waals surface area (Å²) in [4.78, 5) is 2.51. The van der Waals surface area contributed by atoms with Crippen molar-refractivity contribution in [3.63, 3.8) is 0 Å². The van der Waals surface area contributed by atoms with Crippen LogP contribution < -0.4 is 4.90 Å². The highest BCUT2D eigenvalue weighted by molar-refractivity contribution is 5.90. The Morgan fingerprint density at radius 1 is 0.373 bits per heavy atom. The molecule has 5 aliphatic rings. The zero-order chi connectivity index (χ0) is 33.5. The van der Waals surface area contributed by atoms with E-state index < -0.39 is 0 Å². The van der Waals surface area contributed by atoms with E-state index >= 15 is 0 Å². The summed E-state index contributed by atoms with van der Waals surface area (Å²) in [5, 5.41) is 2.54. The molecule has 4 fully saturated rings. The second-order valence-corrected chi connectivity index (χ2v) is 15.8. The van der Waals surface area contributed by atoms with Gasteiger partial charge in [0.25, 0.3) is 0 Å². The minimum Gasteiger partial charge on any atom is -0.310 e. The summed E-state index contributed by atoms with van der Waals surface area (Å²) in [5.41, 5.74) is 14.8. The Morgan fingerprint density at radius 3 is 1.76 bits per heavy atom. The van der Waals surface area contributed by atoms with E-state index in [1.165, 1.54) is 93.3 Å². The first-order valence-electron chi connectivity index (χ1n) is 19.0. The van der Waals surface area contributed by atoms with Crippen molar-refractivity contribution in [1.29, 1.82) is 0 Å². The van der Waals surface area contributed by atoms with Crippen LogP contribution in [0.4, 0.5) is 17.1 Å². The number of anilines is 3. The molecule has 4 saturated carbocycles. The van der Waals surface area contributed by atoms with Crippen LogP contribution in [0.1, 0.15) is 43.2 Å². The van der Waals surface area contributed by atoms with E-state index in [1.807, 2.05) is 0 Å². The maximum absolute atomic E-state index is 2.62. The Kier molecular flexibility index (Phi) is 6.50. The molecular formula is C50H41N. The van der Waals surface area contributed by atoms with Crippen LogP contribution in [0.2, 0.25) is 0 Å². The lowest BCUT2D eigenvalue weighted by molar-refractivity contribution is -0.0399. The van der Waals surface area contributed by atoms with E-state index in [0.29, 0.717) is 0 Å². The summed E-state index contributed by atoms with van der Waals surface area (Å²) in [5.74, 6) is 3.33. The second kappa shape index (κ2) is 11.3. The lowest BCUT2D eigenvalue weighted by atomic mass is 9.43. The van der Waals surface area contributed by atoms with Crippen molar-refractivity contribution in [2.75, 3.05) is 4.90 Å². The van der Waals surface area contributed by atoms with Gasteiger partial charge in [0, 0.05) is 22.5 Å². The Morgan fingerprint density at radius 2 is 0.961 bits per heavy atom. The molecule has 1 heteroatoms. The van der Waals surface area contributed by atoms with Crippen molar-refractivity contribution >= 4 is 27.8 Å². The third-order valence-electron chi connectivity index (χ3n) is 13.2. The Bertz CT molecular complexity index is 2410. The monoisotopic (exact) mass is 655 g/mol. The highest BCUT2D eigenvalue weighted by Gasteiger charge is 2.61. The summed E-state index contributed by atoms with van der Waals surface area (Å²) < 4.78 is 0. The lowest BCUT2D eigenvalue weighted by Gasteiger charge is -2.61. The van der Waals surface area contributed by atoms with Gasteiger partial charge < -0.3 is 4.90 Å². The van der Waals surface area contributed by atoms with E-state index in [1.54, 1.807) is 11.1 Å². The molecule has 246 valence electrons. The molecule has 5 aliphatic carbocycles. The summed E-state index contributed by atoms with van der Waals surface area (Å²) in [6.07, 6.45) is 7.04. The van der Waals surface area contributed by atoms with Crippen molar-refractivity contribution in [2.24, 2.45) is 23.7 Å². The van der Waals surface area contributed by atoms with Gasteiger partial charge in [-0.2, -0.15) is 0 Å². The summed E-state index contributed by atoms with van der Waals surface area (Å²) in [6, 6.07) is 61.5. The maximum atomic E-state index is 2.62. The molecule has 0 atom stereocenters. The van der Waals surface area contributed by atoms with Gasteiger partial charge in [0.05, 0.1) is 0 Å². The topological polar surface area (TPSA) is 3.24 Å². The molecule has 0 radical (unpaired) electrons. The van der Waals surface area contributed by atoms with E-state index in [2.05, 4.69) is 169 Å². The first-order chi connectivity index (χ1) is 25.2. The Labute approximate surface area is 301 Å². The summed E-state index contributed by atoms with van der Waals surface area (Å²) >= 11 is 0. The quantitative estimate of drug-likeness (QED) is 0.178. The van der Waals surface area contributed by atoms with Crippen LogP contribution in [0.3, 0.4) is 0 Å². The van der Waals surface area contributed by atoms with Crippen molar-refractivity contribution < 1.29 is 0 Å². The molecule has 0 amide bonds. The molecule has 0 aromatic heterocycles. The fraction of sp³-hybridized carbons (Fsp3) is 0.200. The van der Waals surface area contributed by atoms with Crippen molar-refractivity contribution in [2.45, 2.75) is 37.5 Å². The molecule has 0 saturated heterocycles. The third kappa shape index (κ3) is 4.47. The minimum absolute atomic E-state index is 0.130. The average molecular weight is 656 g/mol. The molecule has 7 aromatic carbocycles. The molecule has 0 heterocycles. The SMILES string of the molecule is c1ccc(-c2ccc(N(c3cccc(-c4ccc5ccccc5c4)c3)c3ccc4c(c3)C3(c5ccccc5-4)C4CC5CC(C4)CC3C5)cc2)cc1. The van der Waals surface area contributed by atoms with Crippen LogP contribution in [-0.4, -0.2) is 0 Å². The fourth-order valence-electron chi connectivity index (χ4n) is 11.4. The molecule has 1 nitrogen and oxygen atoms in total. The molecular weight excluding hydrogens is 615 g/mol. The zero-order valence-electron chi connectivity index (χ0n) is 28.9. The predicted molar refractivity (Wildman–Crippen MR) is 213 cm³/mol. The molecule has 12 rings (SSSR count). The molecule has 1 spiro atoms. The number of rotatable bonds is 5. The Balaban J connectivity index is 1.08. The van der Waals surface area contributed by atoms with E-state index in [9.17, 15) is 0 Å². The van der Waals surface area contributed by atoms with Gasteiger partial charge in [-0.15, -0.1) is 0 Å². The first-order valence-corrected chi connectivity index (χ1v) is 19.0. The van der Waals surface area contributed by atoms with Gasteiger partial charge in [0.1, 0.15) is 0 Å². The van der Waals surface area contributed by atoms with Crippen LogP contribution in [0, 0.1) is 23.7 Å². The van der Waals surface area contributed by atoms with Gasteiger partial charge in [-0.3, -0.25) is 0 Å². The van der Waals surface area contributed by atoms with E-state index in [0.717, 1.165) is 23.7 Å². The first kappa shape index (κ1) is 29.3. The smallest absolute Gasteiger partial charge is 0.0467 e. The van der Waals surface area contributed by atoms with Gasteiger partial charge in [0.2, 0.25) is 0 Å². The van der Waals surface area contributed by atoms with Gasteiger partial charge >= 0.3 is 0 Å². The summed E-state index contributed by atoms with van der Waals surface area (Å²) in [7, 11) is 0. The standard InChI is InChI=1S/C50H41N/c1-2-9-35(10-3-1)37-19-21-43(22-20-37)51(44-14-8-13-39(31-44)40-18-17-36-11-4-5-12-38(36)30-40)45-23-24-47-46-15-6-7-16-48(46)50(49(47)32-45)41-26-33-25-34(28-41)29-42(50)27-33/h1-24,30-34,41-42H,25-29H2.